The van der Waals surface area contributed by atoms with E-state index in [1.54, 1.807) is 0 Å². The van der Waals surface area contributed by atoms with E-state index >= 15 is 0 Å². The molecule has 0 N–H and O–H groups in total. The molecule has 0 heterocycles. The Morgan fingerprint density at radius 1 is 0.292 bits per heavy atom. The second kappa shape index (κ2) is 54.8. The quantitative estimate of drug-likeness (QED) is 0.0262. The van der Waals surface area contributed by atoms with E-state index in [4.69, 9.17) is 14.2 Å². The summed E-state index contributed by atoms with van der Waals surface area (Å²) >= 11 is 0. The van der Waals surface area contributed by atoms with Crippen LogP contribution in [0.5, 0.6) is 0 Å². The van der Waals surface area contributed by atoms with Crippen LogP contribution in [0.4, 0.5) is 0 Å². The summed E-state index contributed by atoms with van der Waals surface area (Å²) in [6, 6.07) is 0. The van der Waals surface area contributed by atoms with Crippen molar-refractivity contribution in [3.63, 3.8) is 0 Å². The smallest absolute Gasteiger partial charge is 0.306 e. The summed E-state index contributed by atoms with van der Waals surface area (Å²) < 4.78 is 16.7. The number of hydrogen-bond acceptors (Lipinski definition) is 6. The molecule has 0 aromatic heterocycles. The van der Waals surface area contributed by atoms with Gasteiger partial charge in [0.25, 0.3) is 0 Å². The molecule has 0 bridgehead atoms. The molecular weight excluding hydrogens is 805 g/mol. The van der Waals surface area contributed by atoms with E-state index in [0.717, 1.165) is 64.2 Å². The number of esters is 3. The van der Waals surface area contributed by atoms with Crippen LogP contribution >= 0.6 is 0 Å². The Morgan fingerprint density at radius 3 is 0.769 bits per heavy atom. The summed E-state index contributed by atoms with van der Waals surface area (Å²) in [5, 5.41) is 0. The Labute approximate surface area is 405 Å². The fourth-order valence-electron chi connectivity index (χ4n) is 8.85. The molecular formula is C59H112O6. The van der Waals surface area contributed by atoms with Crippen LogP contribution in [-0.4, -0.2) is 37.2 Å². The molecule has 0 spiro atoms. The van der Waals surface area contributed by atoms with Gasteiger partial charge in [-0.1, -0.05) is 277 Å². The lowest BCUT2D eigenvalue weighted by Crippen LogP contribution is -2.30. The number of carbonyl (C=O) groups is 3. The topological polar surface area (TPSA) is 78.9 Å². The van der Waals surface area contributed by atoms with E-state index in [9.17, 15) is 14.4 Å². The number of carbonyl (C=O) groups excluding carboxylic acids is 3. The van der Waals surface area contributed by atoms with Crippen molar-refractivity contribution < 1.29 is 28.6 Å². The van der Waals surface area contributed by atoms with E-state index in [1.165, 1.54) is 225 Å². The van der Waals surface area contributed by atoms with Crippen LogP contribution < -0.4 is 0 Å². The molecule has 0 rings (SSSR count). The first-order valence-electron chi connectivity index (χ1n) is 29.2. The van der Waals surface area contributed by atoms with Gasteiger partial charge in [-0.25, -0.2) is 0 Å². The monoisotopic (exact) mass is 917 g/mol. The van der Waals surface area contributed by atoms with Gasteiger partial charge in [-0.05, 0) is 44.9 Å². The molecule has 0 saturated heterocycles. The molecule has 0 saturated carbocycles. The van der Waals surface area contributed by atoms with Gasteiger partial charge in [0.15, 0.2) is 6.10 Å². The molecule has 0 aliphatic carbocycles. The van der Waals surface area contributed by atoms with Crippen LogP contribution in [0.2, 0.25) is 0 Å². The minimum atomic E-state index is -0.761. The second-order valence-corrected chi connectivity index (χ2v) is 19.9. The molecule has 1 unspecified atom stereocenters. The van der Waals surface area contributed by atoms with Gasteiger partial charge >= 0.3 is 17.9 Å². The maximum atomic E-state index is 12.7. The molecule has 0 aliphatic rings. The normalized spacial score (nSPS) is 12.0. The average Bonchev–Trinajstić information content (AvgIpc) is 3.30. The van der Waals surface area contributed by atoms with Gasteiger partial charge in [0, 0.05) is 19.3 Å². The van der Waals surface area contributed by atoms with E-state index in [2.05, 4.69) is 32.9 Å². The summed E-state index contributed by atoms with van der Waals surface area (Å²) in [4.78, 5) is 37.7. The van der Waals surface area contributed by atoms with Gasteiger partial charge < -0.3 is 14.2 Å². The van der Waals surface area contributed by atoms with Crippen molar-refractivity contribution in [2.24, 2.45) is 0 Å². The van der Waals surface area contributed by atoms with Crippen LogP contribution in [0.1, 0.15) is 329 Å². The molecule has 0 aromatic rings. The first kappa shape index (κ1) is 63.1. The van der Waals surface area contributed by atoms with Gasteiger partial charge in [-0.15, -0.1) is 0 Å². The zero-order chi connectivity index (χ0) is 47.2. The largest absolute Gasteiger partial charge is 0.462 e. The van der Waals surface area contributed by atoms with Gasteiger partial charge in [0.2, 0.25) is 0 Å². The average molecular weight is 918 g/mol. The Kier molecular flexibility index (Phi) is 53.2. The summed E-state index contributed by atoms with van der Waals surface area (Å²) in [6.07, 6.45) is 62.6. The summed E-state index contributed by atoms with van der Waals surface area (Å²) in [5.74, 6) is -0.858. The Balaban J connectivity index is 3.96. The van der Waals surface area contributed by atoms with Crippen LogP contribution in [0.3, 0.4) is 0 Å². The maximum Gasteiger partial charge on any atom is 0.306 e. The third-order valence-corrected chi connectivity index (χ3v) is 13.3. The third kappa shape index (κ3) is 53.0. The van der Waals surface area contributed by atoms with Gasteiger partial charge in [0.05, 0.1) is 0 Å². The zero-order valence-corrected chi connectivity index (χ0v) is 44.0. The minimum absolute atomic E-state index is 0.0649. The maximum absolute atomic E-state index is 12.7. The highest BCUT2D eigenvalue weighted by atomic mass is 16.6. The fourth-order valence-corrected chi connectivity index (χ4v) is 8.85. The van der Waals surface area contributed by atoms with Crippen LogP contribution in [0.25, 0.3) is 0 Å². The van der Waals surface area contributed by atoms with E-state index < -0.39 is 6.10 Å². The van der Waals surface area contributed by atoms with E-state index in [1.807, 2.05) is 0 Å². The molecule has 0 amide bonds. The van der Waals surface area contributed by atoms with Crippen molar-refractivity contribution >= 4 is 17.9 Å². The number of unbranched alkanes of at least 4 members (excludes halogenated alkanes) is 41. The number of allylic oxidation sites excluding steroid dienone is 2. The Hall–Kier alpha value is -1.85. The van der Waals surface area contributed by atoms with Crippen molar-refractivity contribution in [1.29, 1.82) is 0 Å². The van der Waals surface area contributed by atoms with Crippen LogP contribution in [-0.2, 0) is 28.6 Å². The summed E-state index contributed by atoms with van der Waals surface area (Å²) in [7, 11) is 0. The Bertz CT molecular complexity index is 1010. The van der Waals surface area contributed by atoms with Crippen molar-refractivity contribution in [2.45, 2.75) is 335 Å². The lowest BCUT2D eigenvalue weighted by atomic mass is 10.0. The number of ether oxygens (including phenoxy) is 3. The first-order chi connectivity index (χ1) is 32.0. The molecule has 384 valence electrons. The highest BCUT2D eigenvalue weighted by Crippen LogP contribution is 2.17. The highest BCUT2D eigenvalue weighted by molar-refractivity contribution is 5.71. The number of hydrogen-bond donors (Lipinski definition) is 0. The van der Waals surface area contributed by atoms with Gasteiger partial charge in [-0.2, -0.15) is 0 Å². The van der Waals surface area contributed by atoms with E-state index in [0.29, 0.717) is 19.3 Å². The number of rotatable bonds is 54. The SMILES string of the molecule is CCCCCCCCCC/C=C\CCCCCCCCCCCCCCCCCC(=O)OCC(COC(=O)CCCCCCC)OC(=O)CCCCCCCCCCCCCCCCC. The van der Waals surface area contributed by atoms with Crippen LogP contribution in [0.15, 0.2) is 12.2 Å². The molecule has 0 aromatic carbocycles. The van der Waals surface area contributed by atoms with Crippen molar-refractivity contribution in [1.82, 2.24) is 0 Å². The molecule has 0 fully saturated rings. The molecule has 1 atom stereocenters. The highest BCUT2D eigenvalue weighted by Gasteiger charge is 2.19. The van der Waals surface area contributed by atoms with Crippen molar-refractivity contribution in [2.75, 3.05) is 13.2 Å². The van der Waals surface area contributed by atoms with E-state index in [-0.39, 0.29) is 31.1 Å². The van der Waals surface area contributed by atoms with Gasteiger partial charge in [0.1, 0.15) is 13.2 Å². The van der Waals surface area contributed by atoms with Crippen LogP contribution in [0, 0.1) is 0 Å². The van der Waals surface area contributed by atoms with Crippen molar-refractivity contribution in [3.8, 4) is 0 Å². The predicted octanol–water partition coefficient (Wildman–Crippen LogP) is 19.3. The molecule has 0 radical (unpaired) electrons. The predicted molar refractivity (Wildman–Crippen MR) is 280 cm³/mol. The lowest BCUT2D eigenvalue weighted by Gasteiger charge is -2.18. The standard InChI is InChI=1S/C59H112O6/c1-4-7-10-13-15-17-19-21-23-24-25-26-27-28-29-30-31-32-33-34-36-37-39-41-43-46-49-52-58(61)64-55-56(54-63-57(60)51-48-45-12-9-6-3)65-59(62)53-50-47-44-42-40-38-35-22-20-18-16-14-11-8-5-2/h24-25,56H,4-23,26-55H2,1-3H3/b25-24-. The van der Waals surface area contributed by atoms with Crippen molar-refractivity contribution in [3.05, 3.63) is 12.2 Å². The molecule has 6 nitrogen and oxygen atoms in total. The molecule has 65 heavy (non-hydrogen) atoms. The molecule has 6 heteroatoms. The summed E-state index contributed by atoms with van der Waals surface area (Å²) in [5.41, 5.74) is 0. The summed E-state index contributed by atoms with van der Waals surface area (Å²) in [6.45, 7) is 6.61. The Morgan fingerprint density at radius 2 is 0.508 bits per heavy atom. The zero-order valence-electron chi connectivity index (χ0n) is 44.0. The second-order valence-electron chi connectivity index (χ2n) is 19.9. The first-order valence-corrected chi connectivity index (χ1v) is 29.2. The van der Waals surface area contributed by atoms with Gasteiger partial charge in [-0.3, -0.25) is 14.4 Å². The molecule has 0 aliphatic heterocycles. The fraction of sp³-hybridized carbons (Fsp3) is 0.915. The third-order valence-electron chi connectivity index (χ3n) is 13.3. The minimum Gasteiger partial charge on any atom is -0.462 e. The lowest BCUT2D eigenvalue weighted by molar-refractivity contribution is -0.167.